The van der Waals surface area contributed by atoms with Crippen LogP contribution in [0.15, 0.2) is 30.3 Å². The molecule has 3 aliphatic rings. The number of hydrogen-bond donors (Lipinski definition) is 0. The lowest BCUT2D eigenvalue weighted by Crippen LogP contribution is -2.56. The molecular weight excluding hydrogens is 320 g/mol. The van der Waals surface area contributed by atoms with Crippen molar-refractivity contribution in [2.45, 2.75) is 76.9 Å². The summed E-state index contributed by atoms with van der Waals surface area (Å²) in [6.45, 7) is 5.76. The zero-order chi connectivity index (χ0) is 17.9. The number of carbonyl (C=O) groups is 1. The predicted octanol–water partition coefficient (Wildman–Crippen LogP) is 4.47. The summed E-state index contributed by atoms with van der Waals surface area (Å²) < 4.78 is 0. The molecule has 0 spiro atoms. The van der Waals surface area contributed by atoms with Crippen LogP contribution in [0.3, 0.4) is 0 Å². The first-order chi connectivity index (χ1) is 12.7. The second kappa shape index (κ2) is 8.12. The number of benzene rings is 1. The van der Waals surface area contributed by atoms with E-state index in [1.54, 1.807) is 0 Å². The molecule has 1 aliphatic carbocycles. The molecule has 26 heavy (non-hydrogen) atoms. The maximum absolute atomic E-state index is 12.9. The molecule has 0 N–H and O–H groups in total. The molecule has 1 aromatic rings. The maximum Gasteiger partial charge on any atom is 0.223 e. The number of rotatable bonds is 3. The average molecular weight is 355 g/mol. The first kappa shape index (κ1) is 18.0. The Bertz CT molecular complexity index is 601. The lowest BCUT2D eigenvalue weighted by Gasteiger charge is -2.48. The van der Waals surface area contributed by atoms with Crippen molar-refractivity contribution in [1.82, 2.24) is 9.80 Å². The number of carbonyl (C=O) groups excluding carboxylic acids is 1. The third-order valence-electron chi connectivity index (χ3n) is 7.06. The van der Waals surface area contributed by atoms with Crippen molar-refractivity contribution in [2.75, 3.05) is 13.1 Å². The third-order valence-corrected chi connectivity index (χ3v) is 7.06. The van der Waals surface area contributed by atoms with Crippen molar-refractivity contribution in [1.29, 1.82) is 0 Å². The van der Waals surface area contributed by atoms with Crippen molar-refractivity contribution in [2.24, 2.45) is 11.8 Å². The summed E-state index contributed by atoms with van der Waals surface area (Å²) in [6.07, 6.45) is 9.45. The molecule has 142 valence electrons. The van der Waals surface area contributed by atoms with Crippen molar-refractivity contribution >= 4 is 5.91 Å². The zero-order valence-corrected chi connectivity index (χ0v) is 16.3. The number of piperidine rings is 1. The van der Waals surface area contributed by atoms with Crippen LogP contribution in [-0.2, 0) is 11.3 Å². The van der Waals surface area contributed by atoms with E-state index in [0.29, 0.717) is 29.8 Å². The minimum absolute atomic E-state index is 0.446. The van der Waals surface area contributed by atoms with Gasteiger partial charge in [-0.3, -0.25) is 9.69 Å². The smallest absolute Gasteiger partial charge is 0.223 e. The van der Waals surface area contributed by atoms with Crippen LogP contribution in [0.25, 0.3) is 0 Å². The van der Waals surface area contributed by atoms with E-state index >= 15 is 0 Å². The number of hydrogen-bond acceptors (Lipinski definition) is 2. The van der Waals surface area contributed by atoms with E-state index < -0.39 is 0 Å². The van der Waals surface area contributed by atoms with Crippen LogP contribution in [0.2, 0.25) is 0 Å². The molecule has 1 aromatic carbocycles. The summed E-state index contributed by atoms with van der Waals surface area (Å²) in [5.41, 5.74) is 1.41. The van der Waals surface area contributed by atoms with Gasteiger partial charge in [-0.15, -0.1) is 0 Å². The van der Waals surface area contributed by atoms with Gasteiger partial charge in [0.05, 0.1) is 0 Å². The van der Waals surface area contributed by atoms with Gasteiger partial charge in [-0.2, -0.15) is 0 Å². The van der Waals surface area contributed by atoms with Gasteiger partial charge in [-0.05, 0) is 56.0 Å². The third kappa shape index (κ3) is 3.83. The van der Waals surface area contributed by atoms with Crippen molar-refractivity contribution in [3.8, 4) is 0 Å². The molecule has 1 amide bonds. The molecule has 0 radical (unpaired) electrons. The zero-order valence-electron chi connectivity index (χ0n) is 16.3. The Hall–Kier alpha value is -1.35. The van der Waals surface area contributed by atoms with Gasteiger partial charge in [0.2, 0.25) is 5.91 Å². The molecule has 0 bridgehead atoms. The molecule has 3 heteroatoms. The molecule has 1 unspecified atom stereocenters. The fourth-order valence-corrected chi connectivity index (χ4v) is 5.70. The molecular formula is C23H34N2O. The summed E-state index contributed by atoms with van der Waals surface area (Å²) in [6, 6.07) is 11.8. The standard InChI is InChI=1S/C23H34N2O/c1-18-8-5-6-11-21(18)25-22-12-7-15-24(16-19-9-3-2-4-10-19)17-20(22)13-14-23(25)26/h2-4,9-10,18,20-22H,5-8,11-17H2,1H3/t18-,20+,21-,22?/m0/s1. The van der Waals surface area contributed by atoms with Crippen LogP contribution >= 0.6 is 0 Å². The number of amides is 1. The van der Waals surface area contributed by atoms with E-state index in [1.165, 1.54) is 50.6 Å². The topological polar surface area (TPSA) is 23.6 Å². The van der Waals surface area contributed by atoms with E-state index in [2.05, 4.69) is 47.1 Å². The average Bonchev–Trinajstić information content (AvgIpc) is 2.85. The lowest BCUT2D eigenvalue weighted by molar-refractivity contribution is -0.145. The lowest BCUT2D eigenvalue weighted by atomic mass is 9.79. The van der Waals surface area contributed by atoms with Gasteiger partial charge in [0.15, 0.2) is 0 Å². The van der Waals surface area contributed by atoms with Crippen LogP contribution in [0.1, 0.15) is 63.9 Å². The van der Waals surface area contributed by atoms with Crippen molar-refractivity contribution in [3.63, 3.8) is 0 Å². The largest absolute Gasteiger partial charge is 0.336 e. The van der Waals surface area contributed by atoms with E-state index in [9.17, 15) is 4.79 Å². The SMILES string of the molecule is C[C@H]1CCCC[C@@H]1N1C(=O)CC[C@@H]2CN(Cc3ccccc3)CCCC21. The monoisotopic (exact) mass is 354 g/mol. The van der Waals surface area contributed by atoms with E-state index in [4.69, 9.17) is 0 Å². The minimum Gasteiger partial charge on any atom is -0.336 e. The minimum atomic E-state index is 0.446. The predicted molar refractivity (Wildman–Crippen MR) is 106 cm³/mol. The molecule has 0 aromatic heterocycles. The van der Waals surface area contributed by atoms with Crippen molar-refractivity contribution < 1.29 is 4.79 Å². The van der Waals surface area contributed by atoms with Gasteiger partial charge < -0.3 is 4.90 Å². The maximum atomic E-state index is 12.9. The van der Waals surface area contributed by atoms with Gasteiger partial charge >= 0.3 is 0 Å². The van der Waals surface area contributed by atoms with Crippen molar-refractivity contribution in [3.05, 3.63) is 35.9 Å². The summed E-state index contributed by atoms with van der Waals surface area (Å²) in [4.78, 5) is 17.9. The van der Waals surface area contributed by atoms with Crippen LogP contribution < -0.4 is 0 Å². The van der Waals surface area contributed by atoms with Gasteiger partial charge in [-0.1, -0.05) is 50.1 Å². The highest BCUT2D eigenvalue weighted by Gasteiger charge is 2.42. The first-order valence-corrected chi connectivity index (χ1v) is 10.8. The highest BCUT2D eigenvalue weighted by molar-refractivity contribution is 5.78. The Morgan fingerprint density at radius 3 is 2.54 bits per heavy atom. The summed E-state index contributed by atoms with van der Waals surface area (Å²) in [7, 11) is 0. The van der Waals surface area contributed by atoms with Crippen LogP contribution in [0.4, 0.5) is 0 Å². The molecule has 3 nitrogen and oxygen atoms in total. The molecule has 2 aliphatic heterocycles. The normalized spacial score (nSPS) is 33.6. The van der Waals surface area contributed by atoms with Gasteiger partial charge in [0.25, 0.3) is 0 Å². The summed E-state index contributed by atoms with van der Waals surface area (Å²) >= 11 is 0. The van der Waals surface area contributed by atoms with Gasteiger partial charge in [0.1, 0.15) is 0 Å². The second-order valence-electron chi connectivity index (χ2n) is 8.86. The number of likely N-dealkylation sites (tertiary alicyclic amines) is 2. The summed E-state index contributed by atoms with van der Waals surface area (Å²) in [5, 5.41) is 0. The fourth-order valence-electron chi connectivity index (χ4n) is 5.70. The van der Waals surface area contributed by atoms with Gasteiger partial charge in [0, 0.05) is 31.6 Å². The quantitative estimate of drug-likeness (QED) is 0.800. The van der Waals surface area contributed by atoms with E-state index in [0.717, 1.165) is 25.9 Å². The Morgan fingerprint density at radius 2 is 1.73 bits per heavy atom. The molecule has 2 heterocycles. The Labute approximate surface area is 158 Å². The summed E-state index contributed by atoms with van der Waals surface area (Å²) in [5.74, 6) is 1.78. The van der Waals surface area contributed by atoms with Gasteiger partial charge in [-0.25, -0.2) is 0 Å². The molecule has 3 fully saturated rings. The highest BCUT2D eigenvalue weighted by Crippen LogP contribution is 2.38. The second-order valence-corrected chi connectivity index (χ2v) is 8.86. The number of fused-ring (bicyclic) bond motifs is 1. The Morgan fingerprint density at radius 1 is 0.962 bits per heavy atom. The molecule has 4 rings (SSSR count). The van der Waals surface area contributed by atoms with E-state index in [-0.39, 0.29) is 0 Å². The molecule has 4 atom stereocenters. The first-order valence-electron chi connectivity index (χ1n) is 10.8. The van der Waals surface area contributed by atoms with Crippen LogP contribution in [-0.4, -0.2) is 40.9 Å². The molecule has 2 saturated heterocycles. The Balaban J connectivity index is 1.48. The highest BCUT2D eigenvalue weighted by atomic mass is 16.2. The van der Waals surface area contributed by atoms with Crippen LogP contribution in [0.5, 0.6) is 0 Å². The van der Waals surface area contributed by atoms with E-state index in [1.807, 2.05) is 0 Å². The van der Waals surface area contributed by atoms with Crippen LogP contribution in [0, 0.1) is 11.8 Å². The Kier molecular flexibility index (Phi) is 5.63. The fraction of sp³-hybridized carbons (Fsp3) is 0.696. The number of nitrogens with zero attached hydrogens (tertiary/aromatic N) is 2. The molecule has 1 saturated carbocycles.